The maximum atomic E-state index is 13.1. The summed E-state index contributed by atoms with van der Waals surface area (Å²) in [4.78, 5) is 15.8. The van der Waals surface area contributed by atoms with Gasteiger partial charge in [0.15, 0.2) is 0 Å². The van der Waals surface area contributed by atoms with Gasteiger partial charge in [-0.2, -0.15) is 0 Å². The van der Waals surface area contributed by atoms with E-state index in [0.29, 0.717) is 18.2 Å². The molecule has 2 aromatic rings. The molecule has 0 unspecified atom stereocenters. The van der Waals surface area contributed by atoms with Crippen molar-refractivity contribution in [3.63, 3.8) is 0 Å². The van der Waals surface area contributed by atoms with Crippen molar-refractivity contribution in [3.05, 3.63) is 57.0 Å². The van der Waals surface area contributed by atoms with Crippen LogP contribution in [-0.2, 0) is 6.42 Å². The molecule has 1 amide bonds. The Kier molecular flexibility index (Phi) is 4.27. The molecule has 110 valence electrons. The molecule has 0 atom stereocenters. The van der Waals surface area contributed by atoms with Gasteiger partial charge in [0.25, 0.3) is 5.91 Å². The third-order valence-electron chi connectivity index (χ3n) is 3.59. The molecule has 1 aromatic heterocycles. The van der Waals surface area contributed by atoms with Crippen molar-refractivity contribution in [2.75, 3.05) is 6.54 Å². The molecular formula is C16H15ClFNOS. The van der Waals surface area contributed by atoms with Crippen LogP contribution in [0.15, 0.2) is 35.7 Å². The monoisotopic (exact) mass is 323 g/mol. The average molecular weight is 324 g/mol. The summed E-state index contributed by atoms with van der Waals surface area (Å²) in [5.41, 5.74) is 0.385. The predicted octanol–water partition coefficient (Wildman–Crippen LogP) is 4.39. The first-order valence-electron chi connectivity index (χ1n) is 6.93. The fourth-order valence-electron chi connectivity index (χ4n) is 2.34. The maximum Gasteiger partial charge on any atom is 0.255 e. The molecule has 0 radical (unpaired) electrons. The molecule has 0 spiro atoms. The van der Waals surface area contributed by atoms with Crippen molar-refractivity contribution < 1.29 is 9.18 Å². The van der Waals surface area contributed by atoms with E-state index in [2.05, 4.69) is 6.07 Å². The summed E-state index contributed by atoms with van der Waals surface area (Å²) in [7, 11) is 0. The van der Waals surface area contributed by atoms with Crippen LogP contribution in [0.2, 0.25) is 5.02 Å². The lowest BCUT2D eigenvalue weighted by Gasteiger charge is -2.22. The van der Waals surface area contributed by atoms with Gasteiger partial charge in [-0.25, -0.2) is 4.39 Å². The average Bonchev–Trinajstić information content (AvgIpc) is 3.14. The van der Waals surface area contributed by atoms with Crippen LogP contribution in [0.25, 0.3) is 0 Å². The van der Waals surface area contributed by atoms with Gasteiger partial charge in [-0.15, -0.1) is 11.3 Å². The fraction of sp³-hybridized carbons (Fsp3) is 0.312. The van der Waals surface area contributed by atoms with Gasteiger partial charge < -0.3 is 4.90 Å². The summed E-state index contributed by atoms with van der Waals surface area (Å²) < 4.78 is 13.1. The van der Waals surface area contributed by atoms with Gasteiger partial charge in [0, 0.05) is 17.5 Å². The van der Waals surface area contributed by atoms with Gasteiger partial charge in [-0.3, -0.25) is 4.79 Å². The van der Waals surface area contributed by atoms with Gasteiger partial charge in [-0.05, 0) is 48.9 Å². The Bertz CT molecular complexity index is 640. The molecule has 1 fully saturated rings. The zero-order valence-corrected chi connectivity index (χ0v) is 13.0. The fourth-order valence-corrected chi connectivity index (χ4v) is 3.29. The Hall–Kier alpha value is -1.39. The van der Waals surface area contributed by atoms with E-state index in [1.165, 1.54) is 23.1 Å². The van der Waals surface area contributed by atoms with E-state index in [-0.39, 0.29) is 10.9 Å². The Morgan fingerprint density at radius 3 is 2.81 bits per heavy atom. The second kappa shape index (κ2) is 6.16. The summed E-state index contributed by atoms with van der Waals surface area (Å²) in [6, 6.07) is 8.34. The van der Waals surface area contributed by atoms with Crippen LogP contribution < -0.4 is 0 Å². The van der Waals surface area contributed by atoms with Crippen LogP contribution in [0.3, 0.4) is 0 Å². The largest absolute Gasteiger partial charge is 0.335 e. The number of thiophene rings is 1. The molecule has 1 aromatic carbocycles. The van der Waals surface area contributed by atoms with Gasteiger partial charge in [-0.1, -0.05) is 17.7 Å². The number of halogens is 2. The number of carbonyl (C=O) groups is 1. The minimum absolute atomic E-state index is 0.0981. The first-order chi connectivity index (χ1) is 10.1. The van der Waals surface area contributed by atoms with Crippen LogP contribution in [0.1, 0.15) is 28.1 Å². The number of rotatable bonds is 5. The molecule has 1 aliphatic rings. The summed E-state index contributed by atoms with van der Waals surface area (Å²) in [5.74, 6) is -0.521. The third kappa shape index (κ3) is 3.44. The molecule has 0 aliphatic heterocycles. The van der Waals surface area contributed by atoms with Gasteiger partial charge in [0.05, 0.1) is 10.6 Å². The van der Waals surface area contributed by atoms with Gasteiger partial charge >= 0.3 is 0 Å². The highest BCUT2D eigenvalue weighted by molar-refractivity contribution is 7.09. The molecule has 3 rings (SSSR count). The molecule has 0 N–H and O–H groups in total. The van der Waals surface area contributed by atoms with Crippen molar-refractivity contribution in [1.82, 2.24) is 4.90 Å². The lowest BCUT2D eigenvalue weighted by atomic mass is 10.1. The number of hydrogen-bond donors (Lipinski definition) is 0. The zero-order valence-electron chi connectivity index (χ0n) is 11.4. The number of carbonyl (C=O) groups excluding carboxylic acids is 1. The van der Waals surface area contributed by atoms with E-state index in [1.807, 2.05) is 16.3 Å². The molecule has 1 saturated carbocycles. The number of amides is 1. The highest BCUT2D eigenvalue weighted by Crippen LogP contribution is 2.30. The quantitative estimate of drug-likeness (QED) is 0.799. The maximum absolute atomic E-state index is 13.1. The van der Waals surface area contributed by atoms with Crippen LogP contribution in [0.5, 0.6) is 0 Å². The second-order valence-electron chi connectivity index (χ2n) is 5.18. The topological polar surface area (TPSA) is 20.3 Å². The van der Waals surface area contributed by atoms with E-state index in [4.69, 9.17) is 11.6 Å². The van der Waals surface area contributed by atoms with Crippen LogP contribution in [0, 0.1) is 5.82 Å². The van der Waals surface area contributed by atoms with Gasteiger partial charge in [0.1, 0.15) is 5.82 Å². The van der Waals surface area contributed by atoms with Crippen molar-refractivity contribution in [2.24, 2.45) is 0 Å². The van der Waals surface area contributed by atoms with Crippen molar-refractivity contribution in [1.29, 1.82) is 0 Å². The predicted molar refractivity (Wildman–Crippen MR) is 83.5 cm³/mol. The van der Waals surface area contributed by atoms with Crippen LogP contribution in [-0.4, -0.2) is 23.4 Å². The molecule has 2 nitrogen and oxygen atoms in total. The van der Waals surface area contributed by atoms with Crippen LogP contribution >= 0.6 is 22.9 Å². The summed E-state index contributed by atoms with van der Waals surface area (Å²) in [5, 5.41) is 2.22. The summed E-state index contributed by atoms with van der Waals surface area (Å²) in [6.45, 7) is 0.678. The molecular weight excluding hydrogens is 309 g/mol. The summed E-state index contributed by atoms with van der Waals surface area (Å²) >= 11 is 7.70. The van der Waals surface area contributed by atoms with Gasteiger partial charge in [0.2, 0.25) is 0 Å². The SMILES string of the molecule is O=C(c1ccc(F)cc1Cl)N(CCc1cccs1)C1CC1. The number of benzene rings is 1. The molecule has 5 heteroatoms. The minimum atomic E-state index is -0.423. The van der Waals surface area contributed by atoms with Crippen molar-refractivity contribution in [3.8, 4) is 0 Å². The Morgan fingerprint density at radius 1 is 1.38 bits per heavy atom. The molecule has 1 aliphatic carbocycles. The first-order valence-corrected chi connectivity index (χ1v) is 8.19. The normalized spacial score (nSPS) is 14.2. The Balaban J connectivity index is 1.75. The Morgan fingerprint density at radius 2 is 2.19 bits per heavy atom. The van der Waals surface area contributed by atoms with E-state index < -0.39 is 5.82 Å². The third-order valence-corrected chi connectivity index (χ3v) is 4.84. The van der Waals surface area contributed by atoms with Crippen LogP contribution in [0.4, 0.5) is 4.39 Å². The highest BCUT2D eigenvalue weighted by atomic mass is 35.5. The highest BCUT2D eigenvalue weighted by Gasteiger charge is 2.33. The van der Waals surface area contributed by atoms with E-state index >= 15 is 0 Å². The Labute approximate surface area is 132 Å². The molecule has 0 bridgehead atoms. The lowest BCUT2D eigenvalue weighted by Crippen LogP contribution is -2.35. The van der Waals surface area contributed by atoms with E-state index in [0.717, 1.165) is 19.3 Å². The minimum Gasteiger partial charge on any atom is -0.335 e. The number of hydrogen-bond acceptors (Lipinski definition) is 2. The standard InChI is InChI=1S/C16H15ClFNOS/c17-15-10-11(18)3-6-14(15)16(20)19(12-4-5-12)8-7-13-2-1-9-21-13/h1-3,6,9-10,12H,4-5,7-8H2. The number of nitrogens with zero attached hydrogens (tertiary/aromatic N) is 1. The van der Waals surface area contributed by atoms with Crippen molar-refractivity contribution in [2.45, 2.75) is 25.3 Å². The molecule has 1 heterocycles. The second-order valence-corrected chi connectivity index (χ2v) is 6.62. The molecule has 21 heavy (non-hydrogen) atoms. The first kappa shape index (κ1) is 14.5. The van der Waals surface area contributed by atoms with Crippen molar-refractivity contribution >= 4 is 28.8 Å². The van der Waals surface area contributed by atoms with E-state index in [9.17, 15) is 9.18 Å². The van der Waals surface area contributed by atoms with E-state index in [1.54, 1.807) is 11.3 Å². The zero-order chi connectivity index (χ0) is 14.8. The molecule has 0 saturated heterocycles. The smallest absolute Gasteiger partial charge is 0.255 e. The summed E-state index contributed by atoms with van der Waals surface area (Å²) in [6.07, 6.45) is 2.92. The lowest BCUT2D eigenvalue weighted by molar-refractivity contribution is 0.0745.